The predicted octanol–water partition coefficient (Wildman–Crippen LogP) is 2.35. The average Bonchev–Trinajstić information content (AvgIpc) is 2.66. The van der Waals surface area contributed by atoms with E-state index in [1.165, 1.54) is 25.7 Å². The Labute approximate surface area is 134 Å². The number of hydrogen-bond acceptors (Lipinski definition) is 3. The molecule has 0 radical (unpaired) electrons. The molecule has 3 saturated heterocycles. The van der Waals surface area contributed by atoms with Crippen molar-refractivity contribution in [1.82, 2.24) is 10.2 Å². The van der Waals surface area contributed by atoms with E-state index in [4.69, 9.17) is 4.74 Å². The van der Waals surface area contributed by atoms with Gasteiger partial charge in [0.1, 0.15) is 0 Å². The standard InChI is InChI=1S/C16H28N2O2.ClH/c1-11-9-18(10-16(2,3)20-11)15(19)8-12-6-13-4-5-14(7-12)17-13;/h11-14,17H,4-10H2,1-3H3;1H. The van der Waals surface area contributed by atoms with Gasteiger partial charge in [-0.25, -0.2) is 0 Å². The van der Waals surface area contributed by atoms with Gasteiger partial charge in [0.25, 0.3) is 0 Å². The predicted molar refractivity (Wildman–Crippen MR) is 85.7 cm³/mol. The maximum atomic E-state index is 12.6. The molecule has 0 aliphatic carbocycles. The number of hydrogen-bond donors (Lipinski definition) is 1. The third-order valence-electron chi connectivity index (χ3n) is 4.96. The molecule has 0 aromatic heterocycles. The highest BCUT2D eigenvalue weighted by molar-refractivity contribution is 5.85. The number of morpholine rings is 1. The van der Waals surface area contributed by atoms with Crippen LogP contribution in [0, 0.1) is 5.92 Å². The molecule has 0 aromatic carbocycles. The van der Waals surface area contributed by atoms with E-state index in [9.17, 15) is 4.79 Å². The largest absolute Gasteiger partial charge is 0.369 e. The molecule has 3 unspecified atom stereocenters. The van der Waals surface area contributed by atoms with Crippen molar-refractivity contribution in [1.29, 1.82) is 0 Å². The van der Waals surface area contributed by atoms with Gasteiger partial charge in [0, 0.05) is 31.6 Å². The minimum Gasteiger partial charge on any atom is -0.369 e. The Morgan fingerprint density at radius 2 is 1.90 bits per heavy atom. The Morgan fingerprint density at radius 3 is 2.48 bits per heavy atom. The topological polar surface area (TPSA) is 41.6 Å². The summed E-state index contributed by atoms with van der Waals surface area (Å²) < 4.78 is 5.88. The number of carbonyl (C=O) groups excluding carboxylic acids is 1. The van der Waals surface area contributed by atoms with E-state index in [1.54, 1.807) is 0 Å². The lowest BCUT2D eigenvalue weighted by molar-refractivity contribution is -0.159. The van der Waals surface area contributed by atoms with Crippen LogP contribution in [0.5, 0.6) is 0 Å². The molecule has 1 amide bonds. The molecular weight excluding hydrogens is 288 g/mol. The number of carbonyl (C=O) groups is 1. The molecule has 0 spiro atoms. The van der Waals surface area contributed by atoms with E-state index >= 15 is 0 Å². The summed E-state index contributed by atoms with van der Waals surface area (Å²) in [7, 11) is 0. The Bertz CT molecular complexity index is 376. The maximum absolute atomic E-state index is 12.6. The summed E-state index contributed by atoms with van der Waals surface area (Å²) in [5, 5.41) is 3.65. The van der Waals surface area contributed by atoms with Crippen molar-refractivity contribution < 1.29 is 9.53 Å². The first-order chi connectivity index (χ1) is 9.41. The maximum Gasteiger partial charge on any atom is 0.223 e. The zero-order chi connectivity index (χ0) is 14.3. The molecule has 3 aliphatic heterocycles. The van der Waals surface area contributed by atoms with E-state index in [0.29, 0.717) is 23.9 Å². The van der Waals surface area contributed by atoms with E-state index < -0.39 is 0 Å². The van der Waals surface area contributed by atoms with Crippen molar-refractivity contribution in [3.63, 3.8) is 0 Å². The molecule has 3 rings (SSSR count). The SMILES string of the molecule is CC1CN(C(=O)CC2CC3CCC(C2)N3)CC(C)(C)O1.Cl. The lowest BCUT2D eigenvalue weighted by Crippen LogP contribution is -2.54. The van der Waals surface area contributed by atoms with Gasteiger partial charge in [-0.3, -0.25) is 4.79 Å². The second-order valence-electron chi connectivity index (χ2n) is 7.64. The van der Waals surface area contributed by atoms with Crippen LogP contribution in [0.15, 0.2) is 0 Å². The van der Waals surface area contributed by atoms with Crippen LogP contribution in [0.4, 0.5) is 0 Å². The van der Waals surface area contributed by atoms with Crippen molar-refractivity contribution >= 4 is 18.3 Å². The summed E-state index contributed by atoms with van der Waals surface area (Å²) in [6.45, 7) is 7.70. The third-order valence-corrected chi connectivity index (χ3v) is 4.96. The molecule has 4 nitrogen and oxygen atoms in total. The highest BCUT2D eigenvalue weighted by atomic mass is 35.5. The summed E-state index contributed by atoms with van der Waals surface area (Å²) in [5.74, 6) is 0.919. The monoisotopic (exact) mass is 316 g/mol. The number of piperidine rings is 1. The van der Waals surface area contributed by atoms with Crippen LogP contribution < -0.4 is 5.32 Å². The third kappa shape index (κ3) is 4.11. The lowest BCUT2D eigenvalue weighted by atomic mass is 9.89. The fraction of sp³-hybridized carbons (Fsp3) is 0.938. The normalized spacial score (nSPS) is 38.0. The Kier molecular flexibility index (Phi) is 5.22. The van der Waals surface area contributed by atoms with Gasteiger partial charge in [-0.15, -0.1) is 12.4 Å². The van der Waals surface area contributed by atoms with Gasteiger partial charge in [0.15, 0.2) is 0 Å². The van der Waals surface area contributed by atoms with Crippen LogP contribution in [-0.4, -0.2) is 47.7 Å². The van der Waals surface area contributed by atoms with Gasteiger partial charge in [-0.1, -0.05) is 0 Å². The number of halogens is 1. The Morgan fingerprint density at radius 1 is 1.29 bits per heavy atom. The minimum atomic E-state index is -0.208. The van der Waals surface area contributed by atoms with E-state index in [2.05, 4.69) is 26.1 Å². The molecule has 122 valence electrons. The molecule has 2 bridgehead atoms. The fourth-order valence-electron chi connectivity index (χ4n) is 4.36. The summed E-state index contributed by atoms with van der Waals surface area (Å²) in [6, 6.07) is 1.35. The number of nitrogens with one attached hydrogen (secondary N) is 1. The number of ether oxygens (including phenoxy) is 1. The molecule has 5 heteroatoms. The summed E-state index contributed by atoms with van der Waals surface area (Å²) in [6.07, 6.45) is 5.86. The Balaban J connectivity index is 0.00000161. The second-order valence-corrected chi connectivity index (χ2v) is 7.64. The summed E-state index contributed by atoms with van der Waals surface area (Å²) in [5.41, 5.74) is -0.208. The minimum absolute atomic E-state index is 0. The summed E-state index contributed by atoms with van der Waals surface area (Å²) >= 11 is 0. The van der Waals surface area contributed by atoms with Gasteiger partial charge < -0.3 is 15.0 Å². The number of fused-ring (bicyclic) bond motifs is 2. The van der Waals surface area contributed by atoms with Crippen molar-refractivity contribution in [3.05, 3.63) is 0 Å². The van der Waals surface area contributed by atoms with Crippen LogP contribution in [0.25, 0.3) is 0 Å². The van der Waals surface area contributed by atoms with Crippen molar-refractivity contribution in [2.45, 2.75) is 76.7 Å². The molecule has 3 heterocycles. The van der Waals surface area contributed by atoms with Crippen molar-refractivity contribution in [2.75, 3.05) is 13.1 Å². The highest BCUT2D eigenvalue weighted by Gasteiger charge is 2.37. The van der Waals surface area contributed by atoms with Crippen LogP contribution in [0.2, 0.25) is 0 Å². The van der Waals surface area contributed by atoms with Crippen LogP contribution >= 0.6 is 12.4 Å². The number of amides is 1. The molecule has 0 saturated carbocycles. The average molecular weight is 317 g/mol. The van der Waals surface area contributed by atoms with Crippen LogP contribution in [0.3, 0.4) is 0 Å². The smallest absolute Gasteiger partial charge is 0.223 e. The zero-order valence-corrected chi connectivity index (χ0v) is 14.2. The first-order valence-corrected chi connectivity index (χ1v) is 8.13. The van der Waals surface area contributed by atoms with Crippen molar-refractivity contribution in [3.8, 4) is 0 Å². The first-order valence-electron chi connectivity index (χ1n) is 8.13. The van der Waals surface area contributed by atoms with E-state index in [-0.39, 0.29) is 24.1 Å². The molecule has 3 aliphatic rings. The van der Waals surface area contributed by atoms with E-state index in [0.717, 1.165) is 19.5 Å². The molecule has 1 N–H and O–H groups in total. The van der Waals surface area contributed by atoms with E-state index in [1.807, 2.05) is 4.90 Å². The molecule has 21 heavy (non-hydrogen) atoms. The lowest BCUT2D eigenvalue weighted by Gasteiger charge is -2.42. The first kappa shape index (κ1) is 17.0. The van der Waals surface area contributed by atoms with Gasteiger partial charge in [0.2, 0.25) is 5.91 Å². The van der Waals surface area contributed by atoms with Crippen molar-refractivity contribution in [2.24, 2.45) is 5.92 Å². The highest BCUT2D eigenvalue weighted by Crippen LogP contribution is 2.33. The second kappa shape index (κ2) is 6.43. The number of rotatable bonds is 2. The van der Waals surface area contributed by atoms with Gasteiger partial charge >= 0.3 is 0 Å². The molecule has 3 atom stereocenters. The molecule has 0 aromatic rings. The fourth-order valence-corrected chi connectivity index (χ4v) is 4.36. The quantitative estimate of drug-likeness (QED) is 0.850. The molecular formula is C16H29ClN2O2. The zero-order valence-electron chi connectivity index (χ0n) is 13.4. The Hall–Kier alpha value is -0.320. The van der Waals surface area contributed by atoms with Crippen LogP contribution in [-0.2, 0) is 9.53 Å². The van der Waals surface area contributed by atoms with Crippen LogP contribution in [0.1, 0.15) is 52.9 Å². The van der Waals surface area contributed by atoms with Gasteiger partial charge in [-0.2, -0.15) is 0 Å². The number of nitrogens with zero attached hydrogens (tertiary/aromatic N) is 1. The summed E-state index contributed by atoms with van der Waals surface area (Å²) in [4.78, 5) is 14.6. The van der Waals surface area contributed by atoms with Gasteiger partial charge in [-0.05, 0) is 52.4 Å². The van der Waals surface area contributed by atoms with Gasteiger partial charge in [0.05, 0.1) is 11.7 Å². The molecule has 3 fully saturated rings.